The standard InChI is InChI=1S/C25H22N4O2/c1-17-19(25(31)29-24(27-17)22-13-7-8-16-26-22)14-15-23(30)28-21-12-6-5-11-20(21)18-9-3-2-4-10-18/h2-13,16H,14-15H2,1H3,(H,28,30)(H,27,29,31). The van der Waals surface area contributed by atoms with Gasteiger partial charge in [0.25, 0.3) is 5.56 Å². The van der Waals surface area contributed by atoms with Crippen molar-refractivity contribution in [2.45, 2.75) is 19.8 Å². The average Bonchev–Trinajstić information content (AvgIpc) is 2.80. The number of carbonyl (C=O) groups is 1. The van der Waals surface area contributed by atoms with Crippen molar-refractivity contribution in [3.8, 4) is 22.6 Å². The molecule has 6 heteroatoms. The Labute approximate surface area is 180 Å². The summed E-state index contributed by atoms with van der Waals surface area (Å²) in [6, 6.07) is 23.0. The van der Waals surface area contributed by atoms with Crippen LogP contribution in [0.25, 0.3) is 22.6 Å². The Kier molecular flexibility index (Phi) is 5.98. The van der Waals surface area contributed by atoms with Gasteiger partial charge in [0, 0.05) is 35.1 Å². The molecule has 4 aromatic rings. The highest BCUT2D eigenvalue weighted by Gasteiger charge is 2.13. The van der Waals surface area contributed by atoms with Crippen LogP contribution >= 0.6 is 0 Å². The van der Waals surface area contributed by atoms with E-state index in [0.717, 1.165) is 16.8 Å². The summed E-state index contributed by atoms with van der Waals surface area (Å²) in [5, 5.41) is 2.97. The van der Waals surface area contributed by atoms with Gasteiger partial charge in [-0.1, -0.05) is 54.6 Å². The molecule has 0 aliphatic rings. The van der Waals surface area contributed by atoms with Crippen LogP contribution in [0.3, 0.4) is 0 Å². The van der Waals surface area contributed by atoms with Crippen molar-refractivity contribution in [3.63, 3.8) is 0 Å². The first-order valence-electron chi connectivity index (χ1n) is 10.1. The van der Waals surface area contributed by atoms with E-state index < -0.39 is 0 Å². The molecule has 0 saturated heterocycles. The Morgan fingerprint density at radius 2 is 1.71 bits per heavy atom. The number of carbonyl (C=O) groups excluding carboxylic acids is 1. The van der Waals surface area contributed by atoms with Crippen LogP contribution in [0.2, 0.25) is 0 Å². The van der Waals surface area contributed by atoms with Crippen LogP contribution in [0.1, 0.15) is 17.7 Å². The molecule has 2 heterocycles. The molecular weight excluding hydrogens is 388 g/mol. The first-order chi connectivity index (χ1) is 15.1. The number of pyridine rings is 1. The van der Waals surface area contributed by atoms with Crippen LogP contribution in [0, 0.1) is 6.92 Å². The van der Waals surface area contributed by atoms with E-state index >= 15 is 0 Å². The first kappa shape index (κ1) is 20.2. The molecule has 0 bridgehead atoms. The molecule has 0 fully saturated rings. The molecule has 0 unspecified atom stereocenters. The number of benzene rings is 2. The molecule has 0 saturated carbocycles. The zero-order chi connectivity index (χ0) is 21.6. The minimum atomic E-state index is -0.245. The summed E-state index contributed by atoms with van der Waals surface area (Å²) < 4.78 is 0. The fraction of sp³-hybridized carbons (Fsp3) is 0.120. The third-order valence-corrected chi connectivity index (χ3v) is 5.02. The highest BCUT2D eigenvalue weighted by atomic mass is 16.1. The van der Waals surface area contributed by atoms with Crippen LogP contribution in [-0.4, -0.2) is 20.9 Å². The smallest absolute Gasteiger partial charge is 0.254 e. The van der Waals surface area contributed by atoms with E-state index in [9.17, 15) is 9.59 Å². The molecule has 2 aromatic heterocycles. The Bertz CT molecular complexity index is 1250. The Morgan fingerprint density at radius 3 is 2.45 bits per heavy atom. The van der Waals surface area contributed by atoms with E-state index in [1.807, 2.05) is 60.7 Å². The number of para-hydroxylation sites is 1. The van der Waals surface area contributed by atoms with Crippen LogP contribution in [-0.2, 0) is 11.2 Å². The van der Waals surface area contributed by atoms with Gasteiger partial charge in [0.15, 0.2) is 5.82 Å². The summed E-state index contributed by atoms with van der Waals surface area (Å²) in [7, 11) is 0. The normalized spacial score (nSPS) is 10.6. The average molecular weight is 410 g/mol. The number of aromatic amines is 1. The van der Waals surface area contributed by atoms with Gasteiger partial charge in [0.2, 0.25) is 5.91 Å². The SMILES string of the molecule is Cc1nc(-c2ccccn2)[nH]c(=O)c1CCC(=O)Nc1ccccc1-c1ccccc1. The molecule has 0 aliphatic heterocycles. The number of nitrogens with zero attached hydrogens (tertiary/aromatic N) is 2. The second-order valence-corrected chi connectivity index (χ2v) is 7.15. The van der Waals surface area contributed by atoms with Crippen LogP contribution in [0.4, 0.5) is 5.69 Å². The molecule has 1 amide bonds. The summed E-state index contributed by atoms with van der Waals surface area (Å²) in [6.07, 6.45) is 2.13. The number of aryl methyl sites for hydroxylation is 1. The topological polar surface area (TPSA) is 87.7 Å². The zero-order valence-electron chi connectivity index (χ0n) is 17.1. The molecule has 4 rings (SSSR count). The fourth-order valence-electron chi connectivity index (χ4n) is 3.44. The number of hydrogen-bond acceptors (Lipinski definition) is 4. The van der Waals surface area contributed by atoms with Crippen molar-refractivity contribution in [1.29, 1.82) is 0 Å². The molecule has 0 spiro atoms. The third-order valence-electron chi connectivity index (χ3n) is 5.02. The maximum absolute atomic E-state index is 12.6. The maximum atomic E-state index is 12.6. The van der Waals surface area contributed by atoms with Gasteiger partial charge in [-0.05, 0) is 37.1 Å². The lowest BCUT2D eigenvalue weighted by atomic mass is 10.0. The molecule has 0 aliphatic carbocycles. The third kappa shape index (κ3) is 4.75. The van der Waals surface area contributed by atoms with E-state index in [1.165, 1.54) is 0 Å². The van der Waals surface area contributed by atoms with Gasteiger partial charge in [-0.2, -0.15) is 0 Å². The number of anilines is 1. The molecule has 6 nitrogen and oxygen atoms in total. The molecular formula is C25H22N4O2. The lowest BCUT2D eigenvalue weighted by Gasteiger charge is -2.12. The van der Waals surface area contributed by atoms with Crippen molar-refractivity contribution < 1.29 is 4.79 Å². The summed E-state index contributed by atoms with van der Waals surface area (Å²) in [4.78, 5) is 36.7. The van der Waals surface area contributed by atoms with E-state index in [0.29, 0.717) is 29.2 Å². The van der Waals surface area contributed by atoms with Crippen LogP contribution in [0.15, 0.2) is 83.8 Å². The van der Waals surface area contributed by atoms with Crippen LogP contribution in [0.5, 0.6) is 0 Å². The number of hydrogen-bond donors (Lipinski definition) is 2. The Balaban J connectivity index is 1.47. The number of aromatic nitrogens is 3. The summed E-state index contributed by atoms with van der Waals surface area (Å²) in [5.41, 5.74) is 4.18. The zero-order valence-corrected chi connectivity index (χ0v) is 17.1. The number of amides is 1. The predicted molar refractivity (Wildman–Crippen MR) is 122 cm³/mol. The van der Waals surface area contributed by atoms with Crippen molar-refractivity contribution in [3.05, 3.63) is 101 Å². The summed E-state index contributed by atoms with van der Waals surface area (Å²) in [5.74, 6) is 0.268. The van der Waals surface area contributed by atoms with E-state index in [1.54, 1.807) is 25.3 Å². The summed E-state index contributed by atoms with van der Waals surface area (Å²) in [6.45, 7) is 1.78. The van der Waals surface area contributed by atoms with E-state index in [2.05, 4.69) is 20.3 Å². The van der Waals surface area contributed by atoms with Crippen molar-refractivity contribution in [2.75, 3.05) is 5.32 Å². The lowest BCUT2D eigenvalue weighted by Crippen LogP contribution is -2.20. The first-order valence-corrected chi connectivity index (χ1v) is 10.1. The van der Waals surface area contributed by atoms with Gasteiger partial charge in [-0.3, -0.25) is 14.6 Å². The number of H-pyrrole nitrogens is 1. The molecule has 154 valence electrons. The fourth-order valence-corrected chi connectivity index (χ4v) is 3.44. The summed E-state index contributed by atoms with van der Waals surface area (Å²) >= 11 is 0. The van der Waals surface area contributed by atoms with Gasteiger partial charge in [0.1, 0.15) is 5.69 Å². The van der Waals surface area contributed by atoms with Crippen molar-refractivity contribution in [2.24, 2.45) is 0 Å². The van der Waals surface area contributed by atoms with Crippen molar-refractivity contribution >= 4 is 11.6 Å². The Hall–Kier alpha value is -4.06. The molecule has 2 N–H and O–H groups in total. The maximum Gasteiger partial charge on any atom is 0.254 e. The predicted octanol–water partition coefficient (Wildman–Crippen LogP) is 4.38. The molecule has 31 heavy (non-hydrogen) atoms. The van der Waals surface area contributed by atoms with Gasteiger partial charge >= 0.3 is 0 Å². The van der Waals surface area contributed by atoms with Crippen molar-refractivity contribution in [1.82, 2.24) is 15.0 Å². The molecule has 0 radical (unpaired) electrons. The van der Waals surface area contributed by atoms with E-state index in [4.69, 9.17) is 0 Å². The van der Waals surface area contributed by atoms with Gasteiger partial charge in [-0.25, -0.2) is 4.98 Å². The lowest BCUT2D eigenvalue weighted by molar-refractivity contribution is -0.116. The van der Waals surface area contributed by atoms with Gasteiger partial charge in [-0.15, -0.1) is 0 Å². The number of rotatable bonds is 6. The monoisotopic (exact) mass is 410 g/mol. The second-order valence-electron chi connectivity index (χ2n) is 7.15. The minimum Gasteiger partial charge on any atom is -0.326 e. The Morgan fingerprint density at radius 1 is 0.968 bits per heavy atom. The van der Waals surface area contributed by atoms with Gasteiger partial charge < -0.3 is 10.3 Å². The quantitative estimate of drug-likeness (QED) is 0.494. The highest BCUT2D eigenvalue weighted by Crippen LogP contribution is 2.27. The van der Waals surface area contributed by atoms with Gasteiger partial charge in [0.05, 0.1) is 0 Å². The van der Waals surface area contributed by atoms with Crippen LogP contribution < -0.4 is 10.9 Å². The largest absolute Gasteiger partial charge is 0.326 e. The minimum absolute atomic E-state index is 0.156. The molecule has 2 aromatic carbocycles. The second kappa shape index (κ2) is 9.17. The van der Waals surface area contributed by atoms with E-state index in [-0.39, 0.29) is 17.9 Å². The highest BCUT2D eigenvalue weighted by molar-refractivity contribution is 5.95. The number of nitrogens with one attached hydrogen (secondary N) is 2. The molecule has 0 atom stereocenters.